The van der Waals surface area contributed by atoms with E-state index in [-0.39, 0.29) is 41.5 Å². The minimum atomic E-state index is -1.60. The summed E-state index contributed by atoms with van der Waals surface area (Å²) in [5.41, 5.74) is 6.57. The van der Waals surface area contributed by atoms with Crippen molar-refractivity contribution in [3.8, 4) is 0 Å². The molecule has 0 aromatic heterocycles. The molecule has 1 atom stereocenters. The number of carbonyl (C=O) groups is 1. The fourth-order valence-electron chi connectivity index (χ4n) is 2.54. The van der Waals surface area contributed by atoms with Gasteiger partial charge in [-0.3, -0.25) is 0 Å². The third kappa shape index (κ3) is 5.98. The van der Waals surface area contributed by atoms with Gasteiger partial charge in [-0.25, -0.2) is 8.78 Å². The summed E-state index contributed by atoms with van der Waals surface area (Å²) in [6.07, 6.45) is 1.49. The van der Waals surface area contributed by atoms with Gasteiger partial charge in [0.1, 0.15) is 11.6 Å². The normalized spacial score (nSPS) is 13.8. The molecule has 1 unspecified atom stereocenters. The zero-order valence-electron chi connectivity index (χ0n) is 16.1. The van der Waals surface area contributed by atoms with Crippen molar-refractivity contribution < 1.29 is 48.2 Å². The first-order chi connectivity index (χ1) is 12.1. The SMILES string of the molecule is CC(C)c1ccc(/C(=C\CC(C)(N)C(=O)[O-])c2ccc(F)cc2F)cc1.[Na+]. The molecule has 0 radical (unpaired) electrons. The summed E-state index contributed by atoms with van der Waals surface area (Å²) in [4.78, 5) is 11.1. The van der Waals surface area contributed by atoms with Gasteiger partial charge in [-0.15, -0.1) is 0 Å². The Balaban J connectivity index is 0.00000364. The molecule has 0 bridgehead atoms. The molecule has 0 saturated heterocycles. The first kappa shape index (κ1) is 23.5. The summed E-state index contributed by atoms with van der Waals surface area (Å²) < 4.78 is 27.6. The van der Waals surface area contributed by atoms with E-state index in [0.717, 1.165) is 17.7 Å². The maximum Gasteiger partial charge on any atom is 1.00 e. The van der Waals surface area contributed by atoms with E-state index in [1.54, 1.807) is 6.08 Å². The van der Waals surface area contributed by atoms with Gasteiger partial charge in [-0.2, -0.15) is 0 Å². The predicted molar refractivity (Wildman–Crippen MR) is 96.2 cm³/mol. The van der Waals surface area contributed by atoms with E-state index >= 15 is 0 Å². The molecule has 2 N–H and O–H groups in total. The Bertz CT molecular complexity index is 831. The van der Waals surface area contributed by atoms with Crippen molar-refractivity contribution in [2.24, 2.45) is 5.73 Å². The first-order valence-corrected chi connectivity index (χ1v) is 8.38. The van der Waals surface area contributed by atoms with Crippen LogP contribution in [0.4, 0.5) is 8.78 Å². The molecule has 0 aliphatic rings. The first-order valence-electron chi connectivity index (χ1n) is 8.38. The molecule has 0 aliphatic heterocycles. The standard InChI is InChI=1S/C21H23F2NO2.Na/c1-13(2)14-4-6-15(7-5-14)17(10-11-21(3,24)20(25)26)18-9-8-16(22)12-19(18)23;/h4-10,12-13H,11,24H2,1-3H3,(H,25,26);/q;+1/p-1/b17-10+;. The molecule has 0 heterocycles. The number of rotatable bonds is 6. The molecule has 138 valence electrons. The van der Waals surface area contributed by atoms with Crippen LogP contribution in [0, 0.1) is 11.6 Å². The number of aliphatic carboxylic acids is 1. The smallest absolute Gasteiger partial charge is 0.548 e. The maximum absolute atomic E-state index is 14.3. The summed E-state index contributed by atoms with van der Waals surface area (Å²) in [5, 5.41) is 11.1. The fraction of sp³-hybridized carbons (Fsp3) is 0.286. The largest absolute Gasteiger partial charge is 1.00 e. The molecule has 0 aliphatic carbocycles. The van der Waals surface area contributed by atoms with Crippen LogP contribution in [0.15, 0.2) is 48.5 Å². The van der Waals surface area contributed by atoms with Crippen molar-refractivity contribution in [3.05, 3.63) is 76.9 Å². The minimum Gasteiger partial charge on any atom is -0.548 e. The predicted octanol–water partition coefficient (Wildman–Crippen LogP) is 0.381. The van der Waals surface area contributed by atoms with E-state index in [1.165, 1.54) is 13.0 Å². The van der Waals surface area contributed by atoms with Crippen molar-refractivity contribution in [3.63, 3.8) is 0 Å². The number of carboxylic acid groups (broad SMARTS) is 1. The summed E-state index contributed by atoms with van der Waals surface area (Å²) in [7, 11) is 0. The second kappa shape index (κ2) is 9.60. The molecule has 2 rings (SSSR count). The Labute approximate surface area is 180 Å². The number of benzene rings is 2. The van der Waals surface area contributed by atoms with E-state index in [9.17, 15) is 18.7 Å². The third-order valence-corrected chi connectivity index (χ3v) is 4.31. The van der Waals surface area contributed by atoms with Gasteiger partial charge in [0.2, 0.25) is 0 Å². The average Bonchev–Trinajstić information content (AvgIpc) is 2.56. The van der Waals surface area contributed by atoms with E-state index in [2.05, 4.69) is 13.8 Å². The van der Waals surface area contributed by atoms with Crippen LogP contribution in [0.5, 0.6) is 0 Å². The summed E-state index contributed by atoms with van der Waals surface area (Å²) >= 11 is 0. The van der Waals surface area contributed by atoms with Crippen LogP contribution < -0.4 is 40.4 Å². The number of hydrogen-bond acceptors (Lipinski definition) is 3. The van der Waals surface area contributed by atoms with Gasteiger partial charge in [-0.1, -0.05) is 44.2 Å². The van der Waals surface area contributed by atoms with Crippen LogP contribution >= 0.6 is 0 Å². The second-order valence-corrected chi connectivity index (χ2v) is 6.93. The summed E-state index contributed by atoms with van der Waals surface area (Å²) in [6, 6.07) is 10.8. The topological polar surface area (TPSA) is 66.2 Å². The zero-order chi connectivity index (χ0) is 19.5. The van der Waals surface area contributed by atoms with Crippen LogP contribution in [0.25, 0.3) is 5.57 Å². The van der Waals surface area contributed by atoms with Gasteiger partial charge in [0.05, 0.1) is 11.5 Å². The molecule has 0 saturated carbocycles. The monoisotopic (exact) mass is 381 g/mol. The second-order valence-electron chi connectivity index (χ2n) is 6.93. The Morgan fingerprint density at radius 3 is 2.26 bits per heavy atom. The minimum absolute atomic E-state index is 0. The molecule has 27 heavy (non-hydrogen) atoms. The fourth-order valence-corrected chi connectivity index (χ4v) is 2.54. The number of halogens is 2. The van der Waals surface area contributed by atoms with E-state index in [0.29, 0.717) is 17.1 Å². The van der Waals surface area contributed by atoms with Crippen LogP contribution in [-0.2, 0) is 4.79 Å². The van der Waals surface area contributed by atoms with Gasteiger partial charge in [0, 0.05) is 11.6 Å². The molecule has 0 fully saturated rings. The van der Waals surface area contributed by atoms with Gasteiger partial charge < -0.3 is 15.6 Å². The van der Waals surface area contributed by atoms with Crippen LogP contribution in [0.1, 0.15) is 49.8 Å². The molecule has 0 spiro atoms. The Hall–Kier alpha value is -1.53. The van der Waals surface area contributed by atoms with Gasteiger partial charge >= 0.3 is 29.6 Å². The molecular formula is C21H22F2NNaO2. The van der Waals surface area contributed by atoms with E-state index in [1.807, 2.05) is 24.3 Å². The number of hydrogen-bond donors (Lipinski definition) is 1. The summed E-state index contributed by atoms with van der Waals surface area (Å²) in [5.74, 6) is -2.47. The number of nitrogens with two attached hydrogens (primary N) is 1. The van der Waals surface area contributed by atoms with Gasteiger partial charge in [0.15, 0.2) is 0 Å². The molecule has 2 aromatic rings. The average molecular weight is 381 g/mol. The molecular weight excluding hydrogens is 359 g/mol. The van der Waals surface area contributed by atoms with Crippen LogP contribution in [-0.4, -0.2) is 11.5 Å². The van der Waals surface area contributed by atoms with Crippen LogP contribution in [0.3, 0.4) is 0 Å². The molecule has 3 nitrogen and oxygen atoms in total. The van der Waals surface area contributed by atoms with Gasteiger partial charge in [-0.05, 0) is 48.1 Å². The third-order valence-electron chi connectivity index (χ3n) is 4.31. The van der Waals surface area contributed by atoms with Crippen molar-refractivity contribution in [1.29, 1.82) is 0 Å². The number of carboxylic acids is 1. The Morgan fingerprint density at radius 2 is 1.78 bits per heavy atom. The quantitative estimate of drug-likeness (QED) is 0.736. The van der Waals surface area contributed by atoms with E-state index in [4.69, 9.17) is 5.73 Å². The Kier molecular flexibility index (Phi) is 8.36. The van der Waals surface area contributed by atoms with Crippen molar-refractivity contribution in [1.82, 2.24) is 0 Å². The molecule has 0 amide bonds. The molecule has 6 heteroatoms. The Morgan fingerprint density at radius 1 is 1.19 bits per heavy atom. The van der Waals surface area contributed by atoms with Crippen molar-refractivity contribution >= 4 is 11.5 Å². The van der Waals surface area contributed by atoms with Crippen LogP contribution in [0.2, 0.25) is 0 Å². The summed E-state index contributed by atoms with van der Waals surface area (Å²) in [6.45, 7) is 5.45. The van der Waals surface area contributed by atoms with Crippen molar-refractivity contribution in [2.45, 2.75) is 38.6 Å². The molecule has 2 aromatic carbocycles. The number of carbonyl (C=O) groups excluding carboxylic acids is 1. The zero-order valence-corrected chi connectivity index (χ0v) is 18.1. The maximum atomic E-state index is 14.3. The van der Waals surface area contributed by atoms with Gasteiger partial charge in [0.25, 0.3) is 0 Å². The van der Waals surface area contributed by atoms with Crippen molar-refractivity contribution in [2.75, 3.05) is 0 Å². The van der Waals surface area contributed by atoms with E-state index < -0.39 is 23.1 Å².